The molecule has 1 aliphatic rings. The molecule has 122 valence electrons. The standard InChI is InChI=1S/C11H20N2O8/c12-4(10(18)19)1-2-6(15)13-7-9(17)8(16)5(3-14)21-11(7)20/h4-5,7-9,11,14,16-17,20H,1-3,12H2,(H,13,15)(H,18,19)/t4-,5-,7-,8-,9-,11?/m1/s1. The monoisotopic (exact) mass is 308 g/mol. The highest BCUT2D eigenvalue weighted by Gasteiger charge is 2.44. The van der Waals surface area contributed by atoms with Crippen molar-refractivity contribution in [2.24, 2.45) is 5.73 Å². The van der Waals surface area contributed by atoms with Crippen LogP contribution in [0.25, 0.3) is 0 Å². The van der Waals surface area contributed by atoms with E-state index in [0.29, 0.717) is 0 Å². The number of nitrogens with one attached hydrogen (secondary N) is 1. The van der Waals surface area contributed by atoms with Crippen LogP contribution in [0.2, 0.25) is 0 Å². The summed E-state index contributed by atoms with van der Waals surface area (Å²) in [6, 6.07) is -2.49. The lowest BCUT2D eigenvalue weighted by atomic mass is 9.97. The molecule has 0 spiro atoms. The number of aliphatic hydroxyl groups is 4. The van der Waals surface area contributed by atoms with E-state index in [1.54, 1.807) is 0 Å². The van der Waals surface area contributed by atoms with E-state index in [9.17, 15) is 24.9 Å². The average molecular weight is 308 g/mol. The average Bonchev–Trinajstić information content (AvgIpc) is 2.44. The minimum atomic E-state index is -1.61. The molecule has 1 aliphatic heterocycles. The topological polar surface area (TPSA) is 183 Å². The highest BCUT2D eigenvalue weighted by atomic mass is 16.6. The Labute approximate surface area is 120 Å². The summed E-state index contributed by atoms with van der Waals surface area (Å²) in [5.41, 5.74) is 5.24. The minimum Gasteiger partial charge on any atom is -0.480 e. The maximum absolute atomic E-state index is 11.6. The van der Waals surface area contributed by atoms with Crippen LogP contribution in [0, 0.1) is 0 Å². The van der Waals surface area contributed by atoms with Gasteiger partial charge in [-0.25, -0.2) is 0 Å². The van der Waals surface area contributed by atoms with Gasteiger partial charge in [0.25, 0.3) is 0 Å². The molecule has 1 amide bonds. The summed E-state index contributed by atoms with van der Waals surface area (Å²) in [5.74, 6) is -1.90. The van der Waals surface area contributed by atoms with Crippen molar-refractivity contribution in [2.45, 2.75) is 49.5 Å². The second-order valence-electron chi connectivity index (χ2n) is 4.81. The first-order chi connectivity index (χ1) is 9.77. The van der Waals surface area contributed by atoms with Gasteiger partial charge in [-0.15, -0.1) is 0 Å². The number of carboxylic acids is 1. The number of carbonyl (C=O) groups is 2. The van der Waals surface area contributed by atoms with Crippen molar-refractivity contribution < 1.29 is 39.9 Å². The third-order valence-corrected chi connectivity index (χ3v) is 3.23. The SMILES string of the molecule is N[C@H](CCC(=O)N[C@H]1C(O)O[C@H](CO)[C@@H](O)[C@@H]1O)C(=O)O. The molecule has 1 unspecified atom stereocenters. The molecule has 21 heavy (non-hydrogen) atoms. The Morgan fingerprint density at radius 3 is 2.38 bits per heavy atom. The van der Waals surface area contributed by atoms with E-state index in [1.807, 2.05) is 0 Å². The Bertz CT molecular complexity index is 379. The molecule has 0 aromatic heterocycles. The number of aliphatic carboxylic acids is 1. The number of aliphatic hydroxyl groups excluding tert-OH is 4. The van der Waals surface area contributed by atoms with Gasteiger partial charge in [0.2, 0.25) is 5.91 Å². The number of carboxylic acid groups (broad SMARTS) is 1. The summed E-state index contributed by atoms with van der Waals surface area (Å²) in [7, 11) is 0. The summed E-state index contributed by atoms with van der Waals surface area (Å²) in [5, 5.41) is 48.8. The summed E-state index contributed by atoms with van der Waals surface area (Å²) >= 11 is 0. The van der Waals surface area contributed by atoms with Crippen LogP contribution in [-0.2, 0) is 14.3 Å². The Kier molecular flexibility index (Phi) is 6.45. The highest BCUT2D eigenvalue weighted by molar-refractivity contribution is 5.78. The Morgan fingerprint density at radius 1 is 1.24 bits per heavy atom. The lowest BCUT2D eigenvalue weighted by Gasteiger charge is -2.40. The maximum atomic E-state index is 11.6. The second kappa shape index (κ2) is 7.64. The fraction of sp³-hybridized carbons (Fsp3) is 0.818. The van der Waals surface area contributed by atoms with Crippen molar-refractivity contribution in [1.29, 1.82) is 0 Å². The van der Waals surface area contributed by atoms with Crippen LogP contribution in [0.4, 0.5) is 0 Å². The van der Waals surface area contributed by atoms with E-state index in [0.717, 1.165) is 0 Å². The van der Waals surface area contributed by atoms with Crippen molar-refractivity contribution >= 4 is 11.9 Å². The van der Waals surface area contributed by atoms with Crippen LogP contribution < -0.4 is 11.1 Å². The summed E-state index contributed by atoms with van der Waals surface area (Å²) in [6.07, 6.45) is -6.15. The van der Waals surface area contributed by atoms with Gasteiger partial charge in [-0.2, -0.15) is 0 Å². The normalized spacial score (nSPS) is 34.2. The molecule has 1 rings (SSSR count). The molecule has 1 fully saturated rings. The number of carbonyl (C=O) groups excluding carboxylic acids is 1. The third kappa shape index (κ3) is 4.59. The molecule has 6 atom stereocenters. The summed E-state index contributed by atoms with van der Waals surface area (Å²) < 4.78 is 4.86. The van der Waals surface area contributed by atoms with Crippen LogP contribution in [0.15, 0.2) is 0 Å². The highest BCUT2D eigenvalue weighted by Crippen LogP contribution is 2.19. The number of amides is 1. The number of hydrogen-bond acceptors (Lipinski definition) is 8. The fourth-order valence-corrected chi connectivity index (χ4v) is 1.92. The van der Waals surface area contributed by atoms with E-state index in [1.165, 1.54) is 0 Å². The quantitative estimate of drug-likeness (QED) is 0.258. The zero-order chi connectivity index (χ0) is 16.2. The number of ether oxygens (including phenoxy) is 1. The van der Waals surface area contributed by atoms with E-state index in [-0.39, 0.29) is 12.8 Å². The largest absolute Gasteiger partial charge is 0.480 e. The summed E-state index contributed by atoms with van der Waals surface area (Å²) in [6.45, 7) is -0.608. The molecule has 0 bridgehead atoms. The first-order valence-corrected chi connectivity index (χ1v) is 6.36. The predicted octanol–water partition coefficient (Wildman–Crippen LogP) is -3.91. The van der Waals surface area contributed by atoms with Gasteiger partial charge in [-0.3, -0.25) is 9.59 Å². The van der Waals surface area contributed by atoms with Crippen molar-refractivity contribution in [3.8, 4) is 0 Å². The predicted molar refractivity (Wildman–Crippen MR) is 66.8 cm³/mol. The molecular weight excluding hydrogens is 288 g/mol. The minimum absolute atomic E-state index is 0.122. The smallest absolute Gasteiger partial charge is 0.320 e. The van der Waals surface area contributed by atoms with Gasteiger partial charge in [-0.05, 0) is 6.42 Å². The summed E-state index contributed by atoms with van der Waals surface area (Å²) in [4.78, 5) is 22.1. The Balaban J connectivity index is 2.53. The molecule has 10 nitrogen and oxygen atoms in total. The van der Waals surface area contributed by atoms with Gasteiger partial charge >= 0.3 is 5.97 Å². The van der Waals surface area contributed by atoms with E-state index in [2.05, 4.69) is 5.32 Å². The van der Waals surface area contributed by atoms with Crippen LogP contribution in [0.3, 0.4) is 0 Å². The maximum Gasteiger partial charge on any atom is 0.320 e. The molecule has 1 heterocycles. The lowest BCUT2D eigenvalue weighted by molar-refractivity contribution is -0.253. The molecule has 0 radical (unpaired) electrons. The van der Waals surface area contributed by atoms with Crippen molar-refractivity contribution in [2.75, 3.05) is 6.61 Å². The zero-order valence-corrected chi connectivity index (χ0v) is 11.1. The molecule has 10 heteroatoms. The number of rotatable bonds is 6. The number of hydrogen-bond donors (Lipinski definition) is 7. The van der Waals surface area contributed by atoms with Crippen LogP contribution in [-0.4, -0.2) is 80.7 Å². The van der Waals surface area contributed by atoms with Crippen LogP contribution in [0.5, 0.6) is 0 Å². The van der Waals surface area contributed by atoms with Crippen molar-refractivity contribution in [3.63, 3.8) is 0 Å². The molecule has 0 saturated carbocycles. The fourth-order valence-electron chi connectivity index (χ4n) is 1.92. The van der Waals surface area contributed by atoms with E-state index in [4.69, 9.17) is 20.7 Å². The van der Waals surface area contributed by atoms with E-state index < -0.39 is 55.2 Å². The van der Waals surface area contributed by atoms with Crippen LogP contribution in [0.1, 0.15) is 12.8 Å². The van der Waals surface area contributed by atoms with Gasteiger partial charge in [0, 0.05) is 6.42 Å². The zero-order valence-electron chi connectivity index (χ0n) is 11.1. The third-order valence-electron chi connectivity index (χ3n) is 3.23. The van der Waals surface area contributed by atoms with Gasteiger partial charge in [0.1, 0.15) is 30.4 Å². The molecule has 8 N–H and O–H groups in total. The molecule has 1 saturated heterocycles. The van der Waals surface area contributed by atoms with Gasteiger partial charge in [0.15, 0.2) is 6.29 Å². The van der Waals surface area contributed by atoms with E-state index >= 15 is 0 Å². The van der Waals surface area contributed by atoms with Crippen molar-refractivity contribution in [1.82, 2.24) is 5.32 Å². The Hall–Kier alpha value is -1.30. The van der Waals surface area contributed by atoms with Gasteiger partial charge < -0.3 is 41.3 Å². The lowest BCUT2D eigenvalue weighted by Crippen LogP contribution is -2.64. The molecule has 0 aromatic rings. The van der Waals surface area contributed by atoms with Crippen molar-refractivity contribution in [3.05, 3.63) is 0 Å². The molecule has 0 aliphatic carbocycles. The van der Waals surface area contributed by atoms with Gasteiger partial charge in [0.05, 0.1) is 6.61 Å². The Morgan fingerprint density at radius 2 is 1.86 bits per heavy atom. The first kappa shape index (κ1) is 17.8. The molecule has 0 aromatic carbocycles. The van der Waals surface area contributed by atoms with Gasteiger partial charge in [-0.1, -0.05) is 0 Å². The molecular formula is C11H20N2O8. The number of nitrogens with two attached hydrogens (primary N) is 1. The first-order valence-electron chi connectivity index (χ1n) is 6.36. The second-order valence-corrected chi connectivity index (χ2v) is 4.81. The van der Waals surface area contributed by atoms with Crippen LogP contribution >= 0.6 is 0 Å².